The molecule has 6 heteroatoms. The second-order valence-electron chi connectivity index (χ2n) is 3.31. The number of carbonyl (C=O) groups is 1. The van der Waals surface area contributed by atoms with Crippen molar-refractivity contribution in [1.82, 2.24) is 15.8 Å². The van der Waals surface area contributed by atoms with E-state index in [0.717, 1.165) is 0 Å². The first-order valence-electron chi connectivity index (χ1n) is 4.78. The molecule has 0 aliphatic carbocycles. The highest BCUT2D eigenvalue weighted by molar-refractivity contribution is 5.93. The summed E-state index contributed by atoms with van der Waals surface area (Å²) < 4.78 is 0. The Morgan fingerprint density at radius 3 is 3.06 bits per heavy atom. The Morgan fingerprint density at radius 2 is 2.44 bits per heavy atom. The minimum absolute atomic E-state index is 0.0175. The van der Waals surface area contributed by atoms with Crippen LogP contribution >= 0.6 is 0 Å². The van der Waals surface area contributed by atoms with E-state index < -0.39 is 0 Å². The van der Waals surface area contributed by atoms with Crippen molar-refractivity contribution in [1.29, 1.82) is 5.26 Å². The lowest BCUT2D eigenvalue weighted by molar-refractivity contribution is 0.0926. The van der Waals surface area contributed by atoms with E-state index in [-0.39, 0.29) is 11.9 Å². The summed E-state index contributed by atoms with van der Waals surface area (Å²) in [6, 6.07) is 3.37. The average Bonchev–Trinajstić information content (AvgIpc) is 2.35. The normalized spacial score (nSPS) is 11.6. The van der Waals surface area contributed by atoms with Crippen LogP contribution in [0.4, 0.5) is 0 Å². The molecule has 0 bridgehead atoms. The van der Waals surface area contributed by atoms with E-state index in [0.29, 0.717) is 17.7 Å². The number of rotatable bonds is 4. The van der Waals surface area contributed by atoms with Crippen LogP contribution < -0.4 is 16.6 Å². The number of hydrogen-bond donors (Lipinski definition) is 3. The first-order valence-corrected chi connectivity index (χ1v) is 4.78. The zero-order valence-corrected chi connectivity index (χ0v) is 8.90. The zero-order valence-electron chi connectivity index (χ0n) is 8.90. The molecule has 4 N–H and O–H groups in total. The van der Waals surface area contributed by atoms with E-state index in [1.165, 1.54) is 18.5 Å². The lowest BCUT2D eigenvalue weighted by atomic mass is 10.2. The van der Waals surface area contributed by atoms with Gasteiger partial charge in [0.05, 0.1) is 11.1 Å². The number of hydrazine groups is 1. The molecule has 1 aromatic heterocycles. The van der Waals surface area contributed by atoms with Crippen molar-refractivity contribution in [3.8, 4) is 6.07 Å². The molecule has 0 aliphatic rings. The van der Waals surface area contributed by atoms with Crippen molar-refractivity contribution in [2.24, 2.45) is 5.73 Å². The van der Waals surface area contributed by atoms with Crippen molar-refractivity contribution < 1.29 is 4.79 Å². The van der Waals surface area contributed by atoms with Gasteiger partial charge >= 0.3 is 0 Å². The van der Waals surface area contributed by atoms with Crippen LogP contribution in [0, 0.1) is 11.3 Å². The Labute approximate surface area is 93.4 Å². The third-order valence-corrected chi connectivity index (χ3v) is 1.92. The van der Waals surface area contributed by atoms with Gasteiger partial charge in [-0.2, -0.15) is 5.26 Å². The van der Waals surface area contributed by atoms with Crippen molar-refractivity contribution in [2.75, 3.05) is 6.54 Å². The molecule has 0 saturated heterocycles. The highest BCUT2D eigenvalue weighted by Gasteiger charge is 2.07. The van der Waals surface area contributed by atoms with Gasteiger partial charge in [-0.05, 0) is 13.0 Å². The van der Waals surface area contributed by atoms with E-state index in [4.69, 9.17) is 11.0 Å². The van der Waals surface area contributed by atoms with Gasteiger partial charge in [0.15, 0.2) is 0 Å². The van der Waals surface area contributed by atoms with Crippen LogP contribution in [-0.2, 0) is 0 Å². The van der Waals surface area contributed by atoms with E-state index in [1.807, 2.05) is 13.0 Å². The summed E-state index contributed by atoms with van der Waals surface area (Å²) in [6.07, 6.45) is 2.79. The maximum absolute atomic E-state index is 11.6. The maximum atomic E-state index is 11.6. The van der Waals surface area contributed by atoms with Crippen LogP contribution in [0.15, 0.2) is 18.5 Å². The molecule has 0 spiro atoms. The Bertz CT molecular complexity index is 412. The number of carbonyl (C=O) groups excluding carboxylic acids is 1. The largest absolute Gasteiger partial charge is 0.329 e. The van der Waals surface area contributed by atoms with Gasteiger partial charge in [0.2, 0.25) is 0 Å². The van der Waals surface area contributed by atoms with E-state index in [1.54, 1.807) is 0 Å². The van der Waals surface area contributed by atoms with Crippen LogP contribution in [0.25, 0.3) is 0 Å². The number of nitriles is 1. The molecule has 1 heterocycles. The van der Waals surface area contributed by atoms with E-state index in [9.17, 15) is 4.79 Å². The summed E-state index contributed by atoms with van der Waals surface area (Å²) >= 11 is 0. The predicted octanol–water partition coefficient (Wildman–Crippen LogP) is -0.465. The molecule has 1 rings (SSSR count). The number of pyridine rings is 1. The predicted molar refractivity (Wildman–Crippen MR) is 58.1 cm³/mol. The topological polar surface area (TPSA) is 104 Å². The monoisotopic (exact) mass is 219 g/mol. The molecule has 1 amide bonds. The third-order valence-electron chi connectivity index (χ3n) is 1.92. The summed E-state index contributed by atoms with van der Waals surface area (Å²) in [4.78, 5) is 15.4. The minimum atomic E-state index is -0.343. The summed E-state index contributed by atoms with van der Waals surface area (Å²) in [5, 5.41) is 8.65. The van der Waals surface area contributed by atoms with Crippen LogP contribution in [0.5, 0.6) is 0 Å². The fourth-order valence-corrected chi connectivity index (χ4v) is 0.945. The Morgan fingerprint density at radius 1 is 1.69 bits per heavy atom. The van der Waals surface area contributed by atoms with E-state index in [2.05, 4.69) is 15.8 Å². The molecule has 1 atom stereocenters. The molecule has 0 aliphatic heterocycles. The Balaban J connectivity index is 2.63. The van der Waals surface area contributed by atoms with Gasteiger partial charge in [-0.1, -0.05) is 0 Å². The SMILES string of the molecule is CC(CN)NNC(=O)c1cncc(C#N)c1. The lowest BCUT2D eigenvalue weighted by Gasteiger charge is -2.12. The molecule has 84 valence electrons. The fourth-order valence-electron chi connectivity index (χ4n) is 0.945. The van der Waals surface area contributed by atoms with Crippen LogP contribution in [-0.4, -0.2) is 23.5 Å². The minimum Gasteiger partial charge on any atom is -0.329 e. The summed E-state index contributed by atoms with van der Waals surface area (Å²) in [6.45, 7) is 2.25. The molecule has 0 radical (unpaired) electrons. The molecular formula is C10H13N5O. The van der Waals surface area contributed by atoms with Gasteiger partial charge in [-0.25, -0.2) is 5.43 Å². The second-order valence-corrected chi connectivity index (χ2v) is 3.31. The van der Waals surface area contributed by atoms with Gasteiger partial charge in [-0.15, -0.1) is 0 Å². The quantitative estimate of drug-likeness (QED) is 0.594. The molecule has 1 aromatic rings. The molecular weight excluding hydrogens is 206 g/mol. The number of aromatic nitrogens is 1. The van der Waals surface area contributed by atoms with E-state index >= 15 is 0 Å². The summed E-state index contributed by atoms with van der Waals surface area (Å²) in [5.41, 5.74) is 11.3. The smallest absolute Gasteiger partial charge is 0.266 e. The van der Waals surface area contributed by atoms with Gasteiger partial charge in [0, 0.05) is 25.0 Å². The number of nitrogens with two attached hydrogens (primary N) is 1. The van der Waals surface area contributed by atoms with Gasteiger partial charge < -0.3 is 5.73 Å². The average molecular weight is 219 g/mol. The highest BCUT2D eigenvalue weighted by Crippen LogP contribution is 2.00. The summed E-state index contributed by atoms with van der Waals surface area (Å²) in [7, 11) is 0. The number of nitrogens with zero attached hydrogens (tertiary/aromatic N) is 2. The van der Waals surface area contributed by atoms with Gasteiger partial charge in [0.25, 0.3) is 5.91 Å². The first kappa shape index (κ1) is 12.1. The standard InChI is InChI=1S/C10H13N5O/c1-7(3-11)14-15-10(16)9-2-8(4-12)5-13-6-9/h2,5-7,14H,3,11H2,1H3,(H,15,16). The molecule has 6 nitrogen and oxygen atoms in total. The van der Waals surface area contributed by atoms with Crippen molar-refractivity contribution in [3.05, 3.63) is 29.6 Å². The molecule has 16 heavy (non-hydrogen) atoms. The molecule has 0 aromatic carbocycles. The van der Waals surface area contributed by atoms with Crippen LogP contribution in [0.2, 0.25) is 0 Å². The van der Waals surface area contributed by atoms with Crippen molar-refractivity contribution >= 4 is 5.91 Å². The lowest BCUT2D eigenvalue weighted by Crippen LogP contribution is -2.46. The molecule has 1 unspecified atom stereocenters. The maximum Gasteiger partial charge on any atom is 0.266 e. The Kier molecular flexibility index (Phi) is 4.39. The van der Waals surface area contributed by atoms with Crippen molar-refractivity contribution in [2.45, 2.75) is 13.0 Å². The molecule has 0 fully saturated rings. The number of amides is 1. The summed E-state index contributed by atoms with van der Waals surface area (Å²) in [5.74, 6) is -0.343. The van der Waals surface area contributed by atoms with Gasteiger partial charge in [0.1, 0.15) is 6.07 Å². The van der Waals surface area contributed by atoms with Gasteiger partial charge in [-0.3, -0.25) is 15.2 Å². The fraction of sp³-hybridized carbons (Fsp3) is 0.300. The third kappa shape index (κ3) is 3.31. The Hall–Kier alpha value is -1.97. The highest BCUT2D eigenvalue weighted by atomic mass is 16.2. The second kappa shape index (κ2) is 5.80. The number of hydrogen-bond acceptors (Lipinski definition) is 5. The number of nitrogens with one attached hydrogen (secondary N) is 2. The van der Waals surface area contributed by atoms with Crippen LogP contribution in [0.3, 0.4) is 0 Å². The van der Waals surface area contributed by atoms with Crippen LogP contribution in [0.1, 0.15) is 22.8 Å². The zero-order chi connectivity index (χ0) is 12.0. The first-order chi connectivity index (χ1) is 7.67. The molecule has 0 saturated carbocycles. The van der Waals surface area contributed by atoms with Crippen molar-refractivity contribution in [3.63, 3.8) is 0 Å².